The Morgan fingerprint density at radius 2 is 2.16 bits per heavy atom. The molecule has 6 heteroatoms. The highest BCUT2D eigenvalue weighted by atomic mass is 16.5. The smallest absolute Gasteiger partial charge is 0.222 e. The van der Waals surface area contributed by atoms with Gasteiger partial charge in [-0.1, -0.05) is 13.8 Å². The molecule has 1 N–H and O–H groups in total. The van der Waals surface area contributed by atoms with Gasteiger partial charge in [-0.3, -0.25) is 9.48 Å². The van der Waals surface area contributed by atoms with Gasteiger partial charge in [-0.2, -0.15) is 5.10 Å². The molecule has 3 rings (SSSR count). The van der Waals surface area contributed by atoms with Crippen molar-refractivity contribution >= 4 is 5.91 Å². The van der Waals surface area contributed by atoms with E-state index in [-0.39, 0.29) is 23.7 Å². The van der Waals surface area contributed by atoms with Crippen LogP contribution in [0.15, 0.2) is 12.3 Å². The van der Waals surface area contributed by atoms with E-state index in [9.17, 15) is 9.90 Å². The van der Waals surface area contributed by atoms with Gasteiger partial charge in [0, 0.05) is 44.9 Å². The number of hydrogen-bond donors (Lipinski definition) is 1. The summed E-state index contributed by atoms with van der Waals surface area (Å²) in [6.45, 7) is 5.74. The number of aryl methyl sites for hydroxylation is 2. The molecule has 2 aliphatic heterocycles. The SMILES string of the molecule is CC(C)[C@H]1C[C@@H](O)CC2(CCN(C(=O)CCc3ccnn3C)CC2)O1. The average Bonchev–Trinajstić information content (AvgIpc) is 2.97. The van der Waals surface area contributed by atoms with Crippen molar-refractivity contribution in [3.8, 4) is 0 Å². The maximum atomic E-state index is 12.5. The molecule has 0 unspecified atom stereocenters. The molecule has 1 amide bonds. The number of aliphatic hydroxyl groups is 1. The maximum absolute atomic E-state index is 12.5. The molecule has 0 aromatic carbocycles. The number of rotatable bonds is 4. The van der Waals surface area contributed by atoms with Gasteiger partial charge in [0.2, 0.25) is 5.91 Å². The Morgan fingerprint density at radius 3 is 2.76 bits per heavy atom. The predicted molar refractivity (Wildman–Crippen MR) is 95.0 cm³/mol. The van der Waals surface area contributed by atoms with Gasteiger partial charge in [-0.05, 0) is 37.7 Å². The molecule has 2 fully saturated rings. The third kappa shape index (κ3) is 4.23. The van der Waals surface area contributed by atoms with Crippen LogP contribution in [0.1, 0.15) is 51.6 Å². The van der Waals surface area contributed by atoms with E-state index in [4.69, 9.17) is 4.74 Å². The first-order valence-electron chi connectivity index (χ1n) is 9.49. The summed E-state index contributed by atoms with van der Waals surface area (Å²) in [5, 5.41) is 14.4. The lowest BCUT2D eigenvalue weighted by Crippen LogP contribution is -2.54. The van der Waals surface area contributed by atoms with Gasteiger partial charge in [-0.25, -0.2) is 0 Å². The molecular formula is C19H31N3O3. The van der Waals surface area contributed by atoms with E-state index in [0.717, 1.165) is 44.5 Å². The van der Waals surface area contributed by atoms with Crippen molar-refractivity contribution in [2.75, 3.05) is 13.1 Å². The first-order valence-corrected chi connectivity index (χ1v) is 9.49. The zero-order valence-corrected chi connectivity index (χ0v) is 15.6. The zero-order valence-electron chi connectivity index (χ0n) is 15.6. The maximum Gasteiger partial charge on any atom is 0.222 e. The second-order valence-corrected chi connectivity index (χ2v) is 8.00. The number of piperidine rings is 1. The summed E-state index contributed by atoms with van der Waals surface area (Å²) in [7, 11) is 1.90. The Morgan fingerprint density at radius 1 is 1.44 bits per heavy atom. The number of aliphatic hydroxyl groups excluding tert-OH is 1. The summed E-state index contributed by atoms with van der Waals surface area (Å²) < 4.78 is 8.22. The van der Waals surface area contributed by atoms with Gasteiger partial charge in [0.25, 0.3) is 0 Å². The average molecular weight is 349 g/mol. The minimum absolute atomic E-state index is 0.121. The lowest BCUT2D eigenvalue weighted by molar-refractivity contribution is -0.193. The first kappa shape index (κ1) is 18.4. The van der Waals surface area contributed by atoms with E-state index in [2.05, 4.69) is 18.9 Å². The summed E-state index contributed by atoms with van der Waals surface area (Å²) in [4.78, 5) is 14.5. The van der Waals surface area contributed by atoms with E-state index in [1.54, 1.807) is 6.20 Å². The molecule has 0 radical (unpaired) electrons. The van der Waals surface area contributed by atoms with Crippen molar-refractivity contribution in [3.05, 3.63) is 18.0 Å². The van der Waals surface area contributed by atoms with Crippen LogP contribution in [0.4, 0.5) is 0 Å². The van der Waals surface area contributed by atoms with Crippen LogP contribution in [0.5, 0.6) is 0 Å². The molecule has 0 aliphatic carbocycles. The number of aromatic nitrogens is 2. The summed E-state index contributed by atoms with van der Waals surface area (Å²) in [6, 6.07) is 1.96. The molecule has 2 aliphatic rings. The Kier molecular flexibility index (Phi) is 5.49. The van der Waals surface area contributed by atoms with Crippen molar-refractivity contribution < 1.29 is 14.6 Å². The fourth-order valence-electron chi connectivity index (χ4n) is 4.13. The molecule has 2 atom stereocenters. The third-order valence-electron chi connectivity index (χ3n) is 5.80. The lowest BCUT2D eigenvalue weighted by Gasteiger charge is -2.48. The first-order chi connectivity index (χ1) is 11.9. The highest BCUT2D eigenvalue weighted by Crippen LogP contribution is 2.39. The van der Waals surface area contributed by atoms with E-state index in [1.165, 1.54) is 0 Å². The molecule has 1 spiro atoms. The van der Waals surface area contributed by atoms with Crippen LogP contribution in [0.3, 0.4) is 0 Å². The normalized spacial score (nSPS) is 26.4. The highest BCUT2D eigenvalue weighted by molar-refractivity contribution is 5.76. The molecule has 2 saturated heterocycles. The van der Waals surface area contributed by atoms with Gasteiger partial charge < -0.3 is 14.7 Å². The minimum Gasteiger partial charge on any atom is -0.393 e. The van der Waals surface area contributed by atoms with Gasteiger partial charge in [0.05, 0.1) is 17.8 Å². The second kappa shape index (κ2) is 7.46. The third-order valence-corrected chi connectivity index (χ3v) is 5.80. The Hall–Kier alpha value is -1.40. The van der Waals surface area contributed by atoms with E-state index in [1.807, 2.05) is 22.7 Å². The number of likely N-dealkylation sites (tertiary alicyclic amines) is 1. The molecule has 25 heavy (non-hydrogen) atoms. The molecular weight excluding hydrogens is 318 g/mol. The van der Waals surface area contributed by atoms with Gasteiger partial charge >= 0.3 is 0 Å². The van der Waals surface area contributed by atoms with Gasteiger partial charge in [0.1, 0.15) is 0 Å². The summed E-state index contributed by atoms with van der Waals surface area (Å²) in [5.74, 6) is 0.609. The zero-order chi connectivity index (χ0) is 18.0. The molecule has 1 aromatic heterocycles. The second-order valence-electron chi connectivity index (χ2n) is 8.00. The van der Waals surface area contributed by atoms with Crippen LogP contribution >= 0.6 is 0 Å². The van der Waals surface area contributed by atoms with Crippen LogP contribution in [0.2, 0.25) is 0 Å². The number of nitrogens with zero attached hydrogens (tertiary/aromatic N) is 3. The van der Waals surface area contributed by atoms with Gasteiger partial charge in [-0.15, -0.1) is 0 Å². The van der Waals surface area contributed by atoms with Crippen molar-refractivity contribution in [1.82, 2.24) is 14.7 Å². The standard InChI is InChI=1S/C19H31N3O3/c1-14(2)17-12-16(23)13-19(25-17)7-10-22(11-8-19)18(24)5-4-15-6-9-20-21(15)3/h6,9,14,16-17,23H,4-5,7-8,10-13H2,1-3H3/t16-,17-/m1/s1. The molecule has 1 aromatic rings. The van der Waals surface area contributed by atoms with E-state index < -0.39 is 0 Å². The van der Waals surface area contributed by atoms with E-state index in [0.29, 0.717) is 18.8 Å². The van der Waals surface area contributed by atoms with Crippen molar-refractivity contribution in [2.24, 2.45) is 13.0 Å². The summed E-state index contributed by atoms with van der Waals surface area (Å²) in [5.41, 5.74) is 0.839. The Bertz CT molecular complexity index is 590. The molecule has 0 bridgehead atoms. The van der Waals surface area contributed by atoms with Crippen LogP contribution in [-0.2, 0) is 23.0 Å². The molecule has 6 nitrogen and oxygen atoms in total. The quantitative estimate of drug-likeness (QED) is 0.902. The van der Waals surface area contributed by atoms with Crippen molar-refractivity contribution in [2.45, 2.75) is 70.2 Å². The summed E-state index contributed by atoms with van der Waals surface area (Å²) in [6.07, 6.45) is 5.92. The topological polar surface area (TPSA) is 67.6 Å². The molecule has 0 saturated carbocycles. The lowest BCUT2D eigenvalue weighted by atomic mass is 9.80. The number of ether oxygens (including phenoxy) is 1. The fraction of sp³-hybridized carbons (Fsp3) is 0.789. The predicted octanol–water partition coefficient (Wildman–Crippen LogP) is 1.91. The Labute approximate surface area is 150 Å². The number of carbonyl (C=O) groups excluding carboxylic acids is 1. The van der Waals surface area contributed by atoms with E-state index >= 15 is 0 Å². The number of hydrogen-bond acceptors (Lipinski definition) is 4. The van der Waals surface area contributed by atoms with Crippen LogP contribution in [0, 0.1) is 5.92 Å². The molecule has 140 valence electrons. The number of amides is 1. The van der Waals surface area contributed by atoms with Crippen LogP contribution in [-0.4, -0.2) is 56.6 Å². The van der Waals surface area contributed by atoms with Crippen molar-refractivity contribution in [3.63, 3.8) is 0 Å². The van der Waals surface area contributed by atoms with Crippen LogP contribution < -0.4 is 0 Å². The van der Waals surface area contributed by atoms with Gasteiger partial charge in [0.15, 0.2) is 0 Å². The molecule has 3 heterocycles. The largest absolute Gasteiger partial charge is 0.393 e. The fourth-order valence-corrected chi connectivity index (χ4v) is 4.13. The highest BCUT2D eigenvalue weighted by Gasteiger charge is 2.44. The van der Waals surface area contributed by atoms with Crippen molar-refractivity contribution in [1.29, 1.82) is 0 Å². The minimum atomic E-state index is -0.284. The monoisotopic (exact) mass is 349 g/mol. The summed E-state index contributed by atoms with van der Waals surface area (Å²) >= 11 is 0. The Balaban J connectivity index is 1.52. The van der Waals surface area contributed by atoms with Crippen LogP contribution in [0.25, 0.3) is 0 Å². The number of carbonyl (C=O) groups is 1.